The summed E-state index contributed by atoms with van der Waals surface area (Å²) in [6.07, 6.45) is 0. The number of carbonyl (C=O) groups excluding carboxylic acids is 1. The Labute approximate surface area is 176 Å². The number of hydrogen-bond acceptors (Lipinski definition) is 7. The molecule has 1 N–H and O–H groups in total. The summed E-state index contributed by atoms with van der Waals surface area (Å²) in [7, 11) is -3.96. The third-order valence-corrected chi connectivity index (χ3v) is 5.50. The molecule has 29 heavy (non-hydrogen) atoms. The van der Waals surface area contributed by atoms with Crippen molar-refractivity contribution in [3.63, 3.8) is 0 Å². The number of nitro benzene ring substituents is 1. The minimum Gasteiger partial charge on any atom is -0.403 e. The molecule has 0 atom stereocenters. The summed E-state index contributed by atoms with van der Waals surface area (Å²) < 4.78 is 28.2. The molecule has 0 heterocycles. The number of benzene rings is 2. The Bertz CT molecular complexity index is 961. The molecule has 0 aromatic heterocycles. The molecule has 0 radical (unpaired) electrons. The number of amides is 1. The second kappa shape index (κ2) is 10.0. The number of hydrogen-bond donors (Lipinski definition) is 1. The van der Waals surface area contributed by atoms with Gasteiger partial charge in [-0.05, 0) is 38.1 Å². The summed E-state index contributed by atoms with van der Waals surface area (Å²) in [5.74, 6) is -0.784. The van der Waals surface area contributed by atoms with Gasteiger partial charge in [0.15, 0.2) is 0 Å². The smallest absolute Gasteiger partial charge is 0.403 e. The van der Waals surface area contributed by atoms with E-state index in [2.05, 4.69) is 5.32 Å². The van der Waals surface area contributed by atoms with Crippen molar-refractivity contribution in [2.45, 2.75) is 13.8 Å². The van der Waals surface area contributed by atoms with Gasteiger partial charge in [0, 0.05) is 17.2 Å². The Hall–Kier alpha value is -2.16. The highest BCUT2D eigenvalue weighted by Gasteiger charge is 2.29. The van der Waals surface area contributed by atoms with Crippen LogP contribution in [0.25, 0.3) is 0 Å². The second-order valence-electron chi connectivity index (χ2n) is 5.39. The van der Waals surface area contributed by atoms with Gasteiger partial charge in [-0.2, -0.15) is 0 Å². The first kappa shape index (κ1) is 23.1. The maximum atomic E-state index is 12.7. The summed E-state index contributed by atoms with van der Waals surface area (Å²) in [6.45, 7) is 3.35. The van der Waals surface area contributed by atoms with Crippen LogP contribution < -0.4 is 9.84 Å². The van der Waals surface area contributed by atoms with E-state index in [4.69, 9.17) is 36.8 Å². The Kier molecular flexibility index (Phi) is 8.01. The third kappa shape index (κ3) is 6.16. The number of non-ortho nitro benzene ring substituents is 1. The molecule has 12 heteroatoms. The molecular formula is C17H17Cl2N2O7P. The Morgan fingerprint density at radius 3 is 2.34 bits per heavy atom. The molecule has 0 bridgehead atoms. The highest BCUT2D eigenvalue weighted by Crippen LogP contribution is 2.50. The van der Waals surface area contributed by atoms with E-state index in [0.29, 0.717) is 0 Å². The predicted molar refractivity (Wildman–Crippen MR) is 109 cm³/mol. The summed E-state index contributed by atoms with van der Waals surface area (Å²) >= 11 is 12.0. The van der Waals surface area contributed by atoms with Crippen LogP contribution in [-0.4, -0.2) is 24.0 Å². The molecular weight excluding hydrogens is 446 g/mol. The van der Waals surface area contributed by atoms with Gasteiger partial charge in [0.1, 0.15) is 5.75 Å². The van der Waals surface area contributed by atoms with Crippen LogP contribution >= 0.6 is 31.0 Å². The average molecular weight is 463 g/mol. The maximum absolute atomic E-state index is 12.7. The van der Waals surface area contributed by atoms with Crippen molar-refractivity contribution in [1.82, 2.24) is 0 Å². The van der Waals surface area contributed by atoms with E-state index in [1.54, 1.807) is 13.8 Å². The second-order valence-corrected chi connectivity index (χ2v) is 7.83. The van der Waals surface area contributed by atoms with Crippen LogP contribution in [0, 0.1) is 10.1 Å². The molecule has 2 aromatic rings. The van der Waals surface area contributed by atoms with Gasteiger partial charge in [-0.15, -0.1) is 0 Å². The number of rotatable bonds is 9. The van der Waals surface area contributed by atoms with Crippen LogP contribution in [0.4, 0.5) is 11.4 Å². The van der Waals surface area contributed by atoms with Gasteiger partial charge in [0.05, 0.1) is 34.4 Å². The summed E-state index contributed by atoms with van der Waals surface area (Å²) in [6, 6.07) is 7.66. The van der Waals surface area contributed by atoms with Crippen molar-refractivity contribution >= 4 is 48.3 Å². The molecule has 1 amide bonds. The Balaban J connectivity index is 2.34. The fourth-order valence-electron chi connectivity index (χ4n) is 2.19. The van der Waals surface area contributed by atoms with Gasteiger partial charge < -0.3 is 9.84 Å². The molecule has 2 rings (SSSR count). The van der Waals surface area contributed by atoms with Gasteiger partial charge in [0.25, 0.3) is 11.6 Å². The van der Waals surface area contributed by atoms with E-state index in [9.17, 15) is 19.5 Å². The standard InChI is InChI=1S/C17H17Cl2N2O7P/c1-3-26-29(25,27-4-2)28-16-8-5-11(18)9-13(16)17(22)20-15-7-6-12(21(23)24)10-14(15)19/h5-10H,3-4H2,1-2H3,(H,20,22). The summed E-state index contributed by atoms with van der Waals surface area (Å²) in [4.78, 5) is 22.9. The number of anilines is 1. The number of nitro groups is 1. The van der Waals surface area contributed by atoms with Crippen LogP contribution in [-0.2, 0) is 13.6 Å². The van der Waals surface area contributed by atoms with Gasteiger partial charge in [-0.1, -0.05) is 23.2 Å². The number of carbonyl (C=O) groups is 1. The largest absolute Gasteiger partial charge is 0.530 e. The highest BCUT2D eigenvalue weighted by atomic mass is 35.5. The first-order chi connectivity index (χ1) is 13.7. The number of nitrogens with zero attached hydrogens (tertiary/aromatic N) is 1. The van der Waals surface area contributed by atoms with Crippen LogP contribution in [0.15, 0.2) is 36.4 Å². The first-order valence-corrected chi connectivity index (χ1v) is 10.5. The summed E-state index contributed by atoms with van der Waals surface area (Å²) in [5.41, 5.74) is -0.160. The predicted octanol–water partition coefficient (Wildman–Crippen LogP) is 5.71. The van der Waals surface area contributed by atoms with Crippen LogP contribution in [0.1, 0.15) is 24.2 Å². The topological polar surface area (TPSA) is 117 Å². The molecule has 9 nitrogen and oxygen atoms in total. The SMILES string of the molecule is CCOP(=O)(OCC)Oc1ccc(Cl)cc1C(=O)Nc1ccc([N+](=O)[O-])cc1Cl. The zero-order valence-electron chi connectivity index (χ0n) is 15.4. The van der Waals surface area contributed by atoms with E-state index >= 15 is 0 Å². The lowest BCUT2D eigenvalue weighted by Gasteiger charge is -2.19. The molecule has 2 aromatic carbocycles. The highest BCUT2D eigenvalue weighted by molar-refractivity contribution is 7.48. The van der Waals surface area contributed by atoms with E-state index in [-0.39, 0.29) is 45.9 Å². The van der Waals surface area contributed by atoms with Crippen molar-refractivity contribution in [3.8, 4) is 5.75 Å². The minimum atomic E-state index is -3.96. The van der Waals surface area contributed by atoms with E-state index in [1.807, 2.05) is 0 Å². The zero-order valence-corrected chi connectivity index (χ0v) is 17.8. The van der Waals surface area contributed by atoms with E-state index in [0.717, 1.165) is 6.07 Å². The van der Waals surface area contributed by atoms with Crippen molar-refractivity contribution in [2.75, 3.05) is 18.5 Å². The van der Waals surface area contributed by atoms with Crippen molar-refractivity contribution in [3.05, 3.63) is 62.1 Å². The molecule has 0 saturated carbocycles. The molecule has 0 aliphatic heterocycles. The molecule has 0 fully saturated rings. The third-order valence-electron chi connectivity index (χ3n) is 3.38. The maximum Gasteiger partial charge on any atom is 0.530 e. The lowest BCUT2D eigenvalue weighted by molar-refractivity contribution is -0.384. The van der Waals surface area contributed by atoms with Gasteiger partial charge in [0.2, 0.25) is 0 Å². The van der Waals surface area contributed by atoms with Crippen molar-refractivity contribution in [1.29, 1.82) is 0 Å². The normalized spacial score (nSPS) is 11.2. The number of halogens is 2. The molecule has 0 spiro atoms. The van der Waals surface area contributed by atoms with Crippen molar-refractivity contribution < 1.29 is 27.9 Å². The number of phosphoric ester groups is 1. The van der Waals surface area contributed by atoms with Gasteiger partial charge in [-0.25, -0.2) is 4.57 Å². The first-order valence-electron chi connectivity index (χ1n) is 8.32. The lowest BCUT2D eigenvalue weighted by atomic mass is 10.2. The molecule has 156 valence electrons. The average Bonchev–Trinajstić information content (AvgIpc) is 2.65. The van der Waals surface area contributed by atoms with Crippen LogP contribution in [0.5, 0.6) is 5.75 Å². The fraction of sp³-hybridized carbons (Fsp3) is 0.235. The van der Waals surface area contributed by atoms with Gasteiger partial charge in [-0.3, -0.25) is 24.0 Å². The van der Waals surface area contributed by atoms with E-state index in [1.165, 1.54) is 30.3 Å². The van der Waals surface area contributed by atoms with E-state index < -0.39 is 18.7 Å². The Morgan fingerprint density at radius 1 is 1.14 bits per heavy atom. The summed E-state index contributed by atoms with van der Waals surface area (Å²) in [5, 5.41) is 13.5. The molecule has 0 aliphatic carbocycles. The quantitative estimate of drug-likeness (QED) is 0.287. The van der Waals surface area contributed by atoms with Crippen LogP contribution in [0.3, 0.4) is 0 Å². The lowest BCUT2D eigenvalue weighted by Crippen LogP contribution is -2.14. The number of phosphoric acid groups is 1. The fourth-order valence-corrected chi connectivity index (χ4v) is 3.80. The van der Waals surface area contributed by atoms with Crippen molar-refractivity contribution in [2.24, 2.45) is 0 Å². The molecule has 0 aliphatic rings. The van der Waals surface area contributed by atoms with Crippen LogP contribution in [0.2, 0.25) is 10.0 Å². The molecule has 0 saturated heterocycles. The minimum absolute atomic E-state index is 0.0358. The zero-order chi connectivity index (χ0) is 21.6. The monoisotopic (exact) mass is 462 g/mol. The van der Waals surface area contributed by atoms with Gasteiger partial charge >= 0.3 is 7.82 Å². The molecule has 0 unspecified atom stereocenters. The Morgan fingerprint density at radius 2 is 1.79 bits per heavy atom. The number of nitrogens with one attached hydrogen (secondary N) is 1.